The minimum atomic E-state index is 0.850. The van der Waals surface area contributed by atoms with Crippen LogP contribution in [0.4, 0.5) is 5.69 Å². The molecule has 0 radical (unpaired) electrons. The summed E-state index contributed by atoms with van der Waals surface area (Å²) in [4.78, 5) is 2.66. The second kappa shape index (κ2) is 4.27. The predicted molar refractivity (Wildman–Crippen MR) is 75.1 cm³/mol. The third kappa shape index (κ3) is 1.58. The third-order valence-electron chi connectivity index (χ3n) is 5.10. The first-order chi connectivity index (χ1) is 8.93. The number of rotatable bonds is 0. The zero-order valence-electron chi connectivity index (χ0n) is 11.0. The monoisotopic (exact) mass is 242 g/mol. The van der Waals surface area contributed by atoms with Gasteiger partial charge in [-0.2, -0.15) is 0 Å². The molecule has 2 nitrogen and oxygen atoms in total. The second-order valence-electron chi connectivity index (χ2n) is 6.13. The van der Waals surface area contributed by atoms with E-state index in [-0.39, 0.29) is 0 Å². The molecule has 1 saturated carbocycles. The molecule has 2 aliphatic heterocycles. The van der Waals surface area contributed by atoms with Gasteiger partial charge in [-0.1, -0.05) is 31.0 Å². The molecule has 2 atom stereocenters. The Morgan fingerprint density at radius 2 is 2.11 bits per heavy atom. The summed E-state index contributed by atoms with van der Waals surface area (Å²) in [5.74, 6) is 1.77. The molecule has 1 unspecified atom stereocenters. The van der Waals surface area contributed by atoms with Crippen molar-refractivity contribution in [1.29, 1.82) is 0 Å². The van der Waals surface area contributed by atoms with E-state index in [9.17, 15) is 0 Å². The van der Waals surface area contributed by atoms with Crippen molar-refractivity contribution in [3.05, 3.63) is 29.3 Å². The van der Waals surface area contributed by atoms with Crippen molar-refractivity contribution in [3.63, 3.8) is 0 Å². The van der Waals surface area contributed by atoms with Crippen LogP contribution >= 0.6 is 0 Å². The molecule has 2 heteroatoms. The second-order valence-corrected chi connectivity index (χ2v) is 6.13. The maximum absolute atomic E-state index is 3.56. The minimum Gasteiger partial charge on any atom is -0.369 e. The van der Waals surface area contributed by atoms with Gasteiger partial charge in [-0.15, -0.1) is 0 Å². The number of nitrogens with one attached hydrogen (secondary N) is 1. The fourth-order valence-corrected chi connectivity index (χ4v) is 4.29. The summed E-state index contributed by atoms with van der Waals surface area (Å²) in [6, 6.07) is 6.99. The van der Waals surface area contributed by atoms with Crippen molar-refractivity contribution < 1.29 is 0 Å². The van der Waals surface area contributed by atoms with Gasteiger partial charge < -0.3 is 10.2 Å². The Bertz CT molecular complexity index is 454. The molecule has 4 rings (SSSR count). The molecular formula is C16H22N2. The van der Waals surface area contributed by atoms with E-state index in [1.54, 1.807) is 11.3 Å². The van der Waals surface area contributed by atoms with Crippen LogP contribution in [0, 0.1) is 5.92 Å². The average Bonchev–Trinajstić information content (AvgIpc) is 2.63. The van der Waals surface area contributed by atoms with E-state index in [4.69, 9.17) is 0 Å². The number of fused-ring (bicyclic) bond motifs is 2. The molecule has 1 aromatic rings. The Kier molecular flexibility index (Phi) is 2.58. The number of anilines is 1. The lowest BCUT2D eigenvalue weighted by Crippen LogP contribution is -2.41. The Labute approximate surface area is 109 Å². The predicted octanol–water partition coefficient (Wildman–Crippen LogP) is 2.88. The highest BCUT2D eigenvalue weighted by Crippen LogP contribution is 2.47. The van der Waals surface area contributed by atoms with E-state index in [2.05, 4.69) is 28.4 Å². The lowest BCUT2D eigenvalue weighted by molar-refractivity contribution is 0.297. The van der Waals surface area contributed by atoms with E-state index in [1.807, 2.05) is 0 Å². The Morgan fingerprint density at radius 3 is 3.11 bits per heavy atom. The normalized spacial score (nSPS) is 30.3. The summed E-state index contributed by atoms with van der Waals surface area (Å²) >= 11 is 0. The number of hydrogen-bond acceptors (Lipinski definition) is 2. The van der Waals surface area contributed by atoms with Gasteiger partial charge in [0.1, 0.15) is 0 Å². The Hall–Kier alpha value is -1.02. The molecule has 0 saturated heterocycles. The van der Waals surface area contributed by atoms with Crippen LogP contribution in [0.3, 0.4) is 0 Å². The maximum atomic E-state index is 3.56. The van der Waals surface area contributed by atoms with Crippen LogP contribution in [0.15, 0.2) is 18.2 Å². The van der Waals surface area contributed by atoms with Crippen molar-refractivity contribution in [3.8, 4) is 0 Å². The number of benzene rings is 1. The quantitative estimate of drug-likeness (QED) is 0.752. The highest BCUT2D eigenvalue weighted by molar-refractivity contribution is 5.63. The fraction of sp³-hybridized carbons (Fsp3) is 0.625. The van der Waals surface area contributed by atoms with Gasteiger partial charge >= 0.3 is 0 Å². The highest BCUT2D eigenvalue weighted by atomic mass is 15.2. The minimum absolute atomic E-state index is 0.850. The molecule has 0 bridgehead atoms. The van der Waals surface area contributed by atoms with Crippen LogP contribution < -0.4 is 10.2 Å². The zero-order chi connectivity index (χ0) is 11.9. The molecule has 2 heterocycles. The molecule has 18 heavy (non-hydrogen) atoms. The third-order valence-corrected chi connectivity index (χ3v) is 5.10. The Morgan fingerprint density at radius 1 is 1.17 bits per heavy atom. The van der Waals surface area contributed by atoms with E-state index in [1.165, 1.54) is 44.3 Å². The number of para-hydroxylation sites is 1. The molecule has 1 N–H and O–H groups in total. The van der Waals surface area contributed by atoms with Crippen molar-refractivity contribution in [2.45, 2.75) is 38.1 Å². The van der Waals surface area contributed by atoms with Gasteiger partial charge in [0.25, 0.3) is 0 Å². The lowest BCUT2D eigenvalue weighted by Gasteiger charge is -2.44. The van der Waals surface area contributed by atoms with Gasteiger partial charge in [-0.05, 0) is 35.8 Å². The SMILES string of the molecule is c1cc2c3c(c1)[C@H]1CCCCC1CN3CCNC2. The van der Waals surface area contributed by atoms with E-state index in [0.717, 1.165) is 24.9 Å². The van der Waals surface area contributed by atoms with Crippen molar-refractivity contribution in [2.75, 3.05) is 24.5 Å². The summed E-state index contributed by atoms with van der Waals surface area (Å²) in [6.07, 6.45) is 5.74. The molecule has 0 spiro atoms. The van der Waals surface area contributed by atoms with Gasteiger partial charge in [0.15, 0.2) is 0 Å². The van der Waals surface area contributed by atoms with Crippen LogP contribution in [0.25, 0.3) is 0 Å². The molecule has 96 valence electrons. The first-order valence-electron chi connectivity index (χ1n) is 7.51. The first-order valence-corrected chi connectivity index (χ1v) is 7.51. The molecule has 3 aliphatic rings. The molecule has 1 aromatic carbocycles. The van der Waals surface area contributed by atoms with E-state index >= 15 is 0 Å². The fourth-order valence-electron chi connectivity index (χ4n) is 4.29. The standard InChI is InChI=1S/C16H22N2/c1-2-6-14-13(4-1)11-18-9-8-17-10-12-5-3-7-15(14)16(12)18/h3,5,7,13-14,17H,1-2,4,6,8-11H2/t13?,14-/m0/s1. The Balaban J connectivity index is 1.84. The van der Waals surface area contributed by atoms with Gasteiger partial charge in [0, 0.05) is 31.9 Å². The highest BCUT2D eigenvalue weighted by Gasteiger charge is 2.36. The molecule has 1 fully saturated rings. The van der Waals surface area contributed by atoms with Crippen LogP contribution in [-0.4, -0.2) is 19.6 Å². The first kappa shape index (κ1) is 10.9. The van der Waals surface area contributed by atoms with E-state index in [0.29, 0.717) is 0 Å². The maximum Gasteiger partial charge on any atom is 0.0447 e. The zero-order valence-corrected chi connectivity index (χ0v) is 11.0. The van der Waals surface area contributed by atoms with Crippen LogP contribution in [0.5, 0.6) is 0 Å². The van der Waals surface area contributed by atoms with Crippen LogP contribution in [0.2, 0.25) is 0 Å². The molecule has 0 amide bonds. The van der Waals surface area contributed by atoms with Gasteiger partial charge in [-0.3, -0.25) is 0 Å². The van der Waals surface area contributed by atoms with Crippen molar-refractivity contribution >= 4 is 5.69 Å². The largest absolute Gasteiger partial charge is 0.369 e. The van der Waals surface area contributed by atoms with Gasteiger partial charge in [0.2, 0.25) is 0 Å². The van der Waals surface area contributed by atoms with Gasteiger partial charge in [0.05, 0.1) is 0 Å². The number of hydrogen-bond donors (Lipinski definition) is 1. The summed E-state index contributed by atoms with van der Waals surface area (Å²) in [5, 5.41) is 3.56. The van der Waals surface area contributed by atoms with Gasteiger partial charge in [-0.25, -0.2) is 0 Å². The van der Waals surface area contributed by atoms with Crippen LogP contribution in [-0.2, 0) is 6.54 Å². The average molecular weight is 242 g/mol. The summed E-state index contributed by atoms with van der Waals surface area (Å²) in [7, 11) is 0. The number of nitrogens with zero attached hydrogens (tertiary/aromatic N) is 1. The smallest absolute Gasteiger partial charge is 0.0447 e. The molecule has 1 aliphatic carbocycles. The van der Waals surface area contributed by atoms with Crippen molar-refractivity contribution in [1.82, 2.24) is 5.32 Å². The lowest BCUT2D eigenvalue weighted by atomic mass is 9.72. The van der Waals surface area contributed by atoms with Crippen LogP contribution in [0.1, 0.15) is 42.7 Å². The summed E-state index contributed by atoms with van der Waals surface area (Å²) in [5.41, 5.74) is 4.77. The summed E-state index contributed by atoms with van der Waals surface area (Å²) < 4.78 is 0. The molecule has 0 aromatic heterocycles. The summed E-state index contributed by atoms with van der Waals surface area (Å²) in [6.45, 7) is 4.67. The molecular weight excluding hydrogens is 220 g/mol. The topological polar surface area (TPSA) is 15.3 Å². The van der Waals surface area contributed by atoms with Crippen molar-refractivity contribution in [2.24, 2.45) is 5.92 Å². The van der Waals surface area contributed by atoms with E-state index < -0.39 is 0 Å².